The van der Waals surface area contributed by atoms with E-state index in [1.165, 1.54) is 12.8 Å². The van der Waals surface area contributed by atoms with Crippen LogP contribution in [0.25, 0.3) is 0 Å². The first kappa shape index (κ1) is 17.2. The van der Waals surface area contributed by atoms with Gasteiger partial charge in [0.05, 0.1) is 25.3 Å². The zero-order valence-corrected chi connectivity index (χ0v) is 14.2. The Balaban J connectivity index is 1.67. The second-order valence-electron chi connectivity index (χ2n) is 6.63. The molecule has 6 heteroatoms. The highest BCUT2D eigenvalue weighted by Gasteiger charge is 2.29. The van der Waals surface area contributed by atoms with Crippen molar-refractivity contribution in [1.82, 2.24) is 15.5 Å². The highest BCUT2D eigenvalue weighted by Crippen LogP contribution is 2.27. The van der Waals surface area contributed by atoms with Crippen LogP contribution in [0.5, 0.6) is 5.75 Å². The highest BCUT2D eigenvalue weighted by atomic mass is 16.5. The van der Waals surface area contributed by atoms with Crippen molar-refractivity contribution < 1.29 is 14.6 Å². The van der Waals surface area contributed by atoms with Crippen molar-refractivity contribution in [3.63, 3.8) is 0 Å². The number of nitrogens with zero attached hydrogens (tertiary/aromatic N) is 1. The zero-order chi connectivity index (χ0) is 16.9. The summed E-state index contributed by atoms with van der Waals surface area (Å²) in [5.41, 5.74) is 1.16. The normalized spacial score (nSPS) is 25.6. The van der Waals surface area contributed by atoms with E-state index in [-0.39, 0.29) is 18.0 Å². The van der Waals surface area contributed by atoms with Crippen molar-refractivity contribution >= 4 is 5.91 Å². The Morgan fingerprint density at radius 3 is 2.92 bits per heavy atom. The minimum atomic E-state index is -0.423. The average molecular weight is 333 g/mol. The maximum absolute atomic E-state index is 12.3. The number of hydrogen-bond acceptors (Lipinski definition) is 5. The van der Waals surface area contributed by atoms with Crippen molar-refractivity contribution in [3.05, 3.63) is 29.8 Å². The number of likely N-dealkylation sites (tertiary alicyclic amines) is 1. The van der Waals surface area contributed by atoms with Crippen LogP contribution in [-0.4, -0.2) is 61.3 Å². The second kappa shape index (κ2) is 7.96. The number of benzene rings is 1. The van der Waals surface area contributed by atoms with Gasteiger partial charge in [-0.1, -0.05) is 12.1 Å². The van der Waals surface area contributed by atoms with Crippen molar-refractivity contribution in [1.29, 1.82) is 0 Å². The summed E-state index contributed by atoms with van der Waals surface area (Å²) in [5.74, 6) is 0.808. The van der Waals surface area contributed by atoms with Gasteiger partial charge in [0.1, 0.15) is 5.75 Å². The molecule has 0 spiro atoms. The van der Waals surface area contributed by atoms with E-state index in [9.17, 15) is 9.90 Å². The quantitative estimate of drug-likeness (QED) is 0.714. The third-order valence-electron chi connectivity index (χ3n) is 4.95. The summed E-state index contributed by atoms with van der Waals surface area (Å²) in [6.45, 7) is 3.17. The van der Waals surface area contributed by atoms with Gasteiger partial charge >= 0.3 is 0 Å². The molecule has 3 atom stereocenters. The minimum absolute atomic E-state index is 0.0290. The van der Waals surface area contributed by atoms with E-state index >= 15 is 0 Å². The van der Waals surface area contributed by atoms with Gasteiger partial charge in [-0.15, -0.1) is 0 Å². The van der Waals surface area contributed by atoms with Crippen molar-refractivity contribution in [2.24, 2.45) is 0 Å². The van der Waals surface area contributed by atoms with E-state index in [1.807, 2.05) is 18.2 Å². The molecule has 24 heavy (non-hydrogen) atoms. The third-order valence-corrected chi connectivity index (χ3v) is 4.95. The summed E-state index contributed by atoms with van der Waals surface area (Å²) >= 11 is 0. The minimum Gasteiger partial charge on any atom is -0.497 e. The molecule has 1 amide bonds. The molecule has 2 fully saturated rings. The molecule has 1 aromatic carbocycles. The zero-order valence-electron chi connectivity index (χ0n) is 14.2. The topological polar surface area (TPSA) is 73.8 Å². The van der Waals surface area contributed by atoms with Crippen LogP contribution in [0.2, 0.25) is 0 Å². The van der Waals surface area contributed by atoms with Gasteiger partial charge in [-0.2, -0.15) is 0 Å². The number of rotatable bonds is 6. The molecule has 132 valence electrons. The number of aliphatic hydroxyl groups is 1. The number of amides is 1. The molecule has 3 N–H and O–H groups in total. The molecule has 2 aliphatic heterocycles. The molecule has 0 aliphatic carbocycles. The molecule has 1 aromatic rings. The largest absolute Gasteiger partial charge is 0.497 e. The number of carbonyl (C=O) groups is 1. The highest BCUT2D eigenvalue weighted by molar-refractivity contribution is 5.82. The third kappa shape index (κ3) is 4.06. The van der Waals surface area contributed by atoms with E-state index in [1.54, 1.807) is 7.11 Å². The van der Waals surface area contributed by atoms with Gasteiger partial charge in [-0.3, -0.25) is 9.69 Å². The molecule has 0 bridgehead atoms. The molecular formula is C18H27N3O3. The van der Waals surface area contributed by atoms with E-state index in [4.69, 9.17) is 4.74 Å². The Labute approximate surface area is 143 Å². The van der Waals surface area contributed by atoms with Crippen molar-refractivity contribution in [2.45, 2.75) is 37.5 Å². The van der Waals surface area contributed by atoms with E-state index in [0.29, 0.717) is 19.5 Å². The lowest BCUT2D eigenvalue weighted by molar-refractivity contribution is -0.123. The molecule has 0 radical (unpaired) electrons. The maximum atomic E-state index is 12.3. The fraction of sp³-hybridized carbons (Fsp3) is 0.611. The number of nitrogens with one attached hydrogen (secondary N) is 2. The van der Waals surface area contributed by atoms with Crippen LogP contribution in [0.15, 0.2) is 24.3 Å². The van der Waals surface area contributed by atoms with Crippen LogP contribution in [0.3, 0.4) is 0 Å². The van der Waals surface area contributed by atoms with Gasteiger partial charge in [0.2, 0.25) is 5.91 Å². The van der Waals surface area contributed by atoms with E-state index in [0.717, 1.165) is 24.4 Å². The Kier molecular flexibility index (Phi) is 5.71. The van der Waals surface area contributed by atoms with Gasteiger partial charge in [0, 0.05) is 13.1 Å². The summed E-state index contributed by atoms with van der Waals surface area (Å²) in [4.78, 5) is 14.8. The predicted octanol–water partition coefficient (Wildman–Crippen LogP) is 0.671. The molecule has 0 saturated carbocycles. The number of methoxy groups -OCH3 is 1. The first-order valence-corrected chi connectivity index (χ1v) is 8.74. The number of carbonyl (C=O) groups excluding carboxylic acids is 1. The summed E-state index contributed by atoms with van der Waals surface area (Å²) in [7, 11) is 1.67. The van der Waals surface area contributed by atoms with Gasteiger partial charge in [-0.05, 0) is 50.0 Å². The molecule has 0 aromatic heterocycles. The van der Waals surface area contributed by atoms with Crippen LogP contribution in [0.4, 0.5) is 0 Å². The van der Waals surface area contributed by atoms with Crippen LogP contribution in [-0.2, 0) is 4.79 Å². The predicted molar refractivity (Wildman–Crippen MR) is 92.0 cm³/mol. The SMILES string of the molecule is COc1cccc([C@H](CNC(=O)[C@H]2C[C@@H](O)CN2)N2CCCC2)c1. The number of β-amino-alcohol motifs (C(OH)–C–C–N with tert-alkyl or cyclic N) is 1. The lowest BCUT2D eigenvalue weighted by atomic mass is 10.0. The van der Waals surface area contributed by atoms with Gasteiger partial charge in [0.15, 0.2) is 0 Å². The smallest absolute Gasteiger partial charge is 0.237 e. The van der Waals surface area contributed by atoms with Gasteiger partial charge in [-0.25, -0.2) is 0 Å². The van der Waals surface area contributed by atoms with Crippen molar-refractivity contribution in [2.75, 3.05) is 33.3 Å². The van der Waals surface area contributed by atoms with Crippen LogP contribution in [0.1, 0.15) is 30.9 Å². The lowest BCUT2D eigenvalue weighted by Gasteiger charge is -2.29. The maximum Gasteiger partial charge on any atom is 0.237 e. The summed E-state index contributed by atoms with van der Waals surface area (Å²) in [5, 5.41) is 15.7. The number of hydrogen-bond donors (Lipinski definition) is 3. The monoisotopic (exact) mass is 333 g/mol. The summed E-state index contributed by atoms with van der Waals surface area (Å²) < 4.78 is 5.34. The fourth-order valence-corrected chi connectivity index (χ4v) is 3.60. The molecule has 6 nitrogen and oxygen atoms in total. The summed E-state index contributed by atoms with van der Waals surface area (Å²) in [6, 6.07) is 7.94. The lowest BCUT2D eigenvalue weighted by Crippen LogP contribution is -2.44. The van der Waals surface area contributed by atoms with Gasteiger partial charge < -0.3 is 20.5 Å². The van der Waals surface area contributed by atoms with Crippen LogP contribution in [0, 0.1) is 0 Å². The van der Waals surface area contributed by atoms with Crippen LogP contribution < -0.4 is 15.4 Å². The molecule has 2 aliphatic rings. The summed E-state index contributed by atoms with van der Waals surface area (Å²) in [6.07, 6.45) is 2.46. The van der Waals surface area contributed by atoms with E-state index in [2.05, 4.69) is 21.6 Å². The molecule has 3 rings (SSSR count). The first-order valence-electron chi connectivity index (χ1n) is 8.74. The molecule has 2 heterocycles. The second-order valence-corrected chi connectivity index (χ2v) is 6.63. The van der Waals surface area contributed by atoms with E-state index < -0.39 is 6.10 Å². The number of aliphatic hydroxyl groups excluding tert-OH is 1. The molecule has 0 unspecified atom stereocenters. The Morgan fingerprint density at radius 2 is 2.25 bits per heavy atom. The van der Waals surface area contributed by atoms with Gasteiger partial charge in [0.25, 0.3) is 0 Å². The molecule has 2 saturated heterocycles. The Bertz CT molecular complexity index is 560. The Hall–Kier alpha value is -1.63. The average Bonchev–Trinajstić information content (AvgIpc) is 3.27. The first-order chi connectivity index (χ1) is 11.7. The Morgan fingerprint density at radius 1 is 1.46 bits per heavy atom. The fourth-order valence-electron chi connectivity index (χ4n) is 3.60. The standard InChI is InChI=1S/C18H27N3O3/c1-24-15-6-4-5-13(9-15)17(21-7-2-3-8-21)12-20-18(23)16-10-14(22)11-19-16/h4-6,9,14,16-17,19,22H,2-3,7-8,10-12H2,1H3,(H,20,23)/t14-,16-,17+/m1/s1. The van der Waals surface area contributed by atoms with Crippen molar-refractivity contribution in [3.8, 4) is 5.75 Å². The number of ether oxygens (including phenoxy) is 1. The van der Waals surface area contributed by atoms with Crippen LogP contribution >= 0.6 is 0 Å². The molecular weight excluding hydrogens is 306 g/mol.